The quantitative estimate of drug-likeness (QED) is 0.276. The molecular weight excluding hydrogens is 627 g/mol. The van der Waals surface area contributed by atoms with E-state index in [-0.39, 0.29) is 11.8 Å². The number of halogens is 3. The number of rotatable bonds is 10. The molecule has 30 heavy (non-hydrogen) atoms. The Morgan fingerprint density at radius 3 is 2.47 bits per heavy atom. The highest BCUT2D eigenvalue weighted by Gasteiger charge is 2.12. The van der Waals surface area contributed by atoms with Gasteiger partial charge in [0, 0.05) is 30.1 Å². The number of amides is 2. The molecule has 0 aliphatic carbocycles. The summed E-state index contributed by atoms with van der Waals surface area (Å²) in [4.78, 5) is 25.7. The first kappa shape index (κ1) is 25.1. The van der Waals surface area contributed by atoms with Crippen molar-refractivity contribution in [2.45, 2.75) is 26.2 Å². The number of likely N-dealkylation sites (N-methyl/N-ethyl adjacent to an activating group) is 1. The third kappa shape index (κ3) is 7.53. The van der Waals surface area contributed by atoms with E-state index in [0.717, 1.165) is 30.2 Å². The monoisotopic (exact) mass is 650 g/mol. The van der Waals surface area contributed by atoms with Crippen molar-refractivity contribution in [3.63, 3.8) is 0 Å². The second kappa shape index (κ2) is 12.7. The first-order valence-electron chi connectivity index (χ1n) is 9.70. The van der Waals surface area contributed by atoms with Gasteiger partial charge in [-0.2, -0.15) is 0 Å². The summed E-state index contributed by atoms with van der Waals surface area (Å²) in [5, 5.41) is 2.93. The van der Waals surface area contributed by atoms with Gasteiger partial charge in [-0.3, -0.25) is 9.59 Å². The Labute approximate surface area is 208 Å². The van der Waals surface area contributed by atoms with Gasteiger partial charge in [-0.15, -0.1) is 0 Å². The van der Waals surface area contributed by atoms with Gasteiger partial charge in [0.05, 0.1) is 21.1 Å². The number of hydrogen-bond acceptors (Lipinski definition) is 3. The van der Waals surface area contributed by atoms with Gasteiger partial charge in [-0.25, -0.2) is 0 Å². The van der Waals surface area contributed by atoms with Crippen LogP contribution in [0.5, 0.6) is 5.75 Å². The molecular formula is C22H25Br2IN2O3. The molecule has 2 aromatic carbocycles. The molecule has 0 bridgehead atoms. The van der Waals surface area contributed by atoms with Crippen LogP contribution in [0, 0.1) is 3.57 Å². The van der Waals surface area contributed by atoms with Gasteiger partial charge >= 0.3 is 0 Å². The average Bonchev–Trinajstić information content (AvgIpc) is 2.72. The summed E-state index contributed by atoms with van der Waals surface area (Å²) in [6, 6.07) is 11.5. The summed E-state index contributed by atoms with van der Waals surface area (Å²) in [7, 11) is 1.82. The van der Waals surface area contributed by atoms with E-state index in [2.05, 4.69) is 59.8 Å². The van der Waals surface area contributed by atoms with Crippen molar-refractivity contribution >= 4 is 66.3 Å². The van der Waals surface area contributed by atoms with Crippen LogP contribution in [0.4, 0.5) is 0 Å². The van der Waals surface area contributed by atoms with Crippen LogP contribution >= 0.6 is 54.5 Å². The standard InChI is InChI=1S/C22H25Br2IN2O3/c1-3-20(28)27(2)11-9-15-13-17(23)21(18(24)14-15)30-12-6-10-26-22(29)16-7-4-5-8-19(16)25/h4-5,7-8,13-14H,3,6,9-12H2,1-2H3,(H,26,29). The zero-order valence-corrected chi connectivity index (χ0v) is 22.3. The highest BCUT2D eigenvalue weighted by molar-refractivity contribution is 14.1. The lowest BCUT2D eigenvalue weighted by Crippen LogP contribution is -2.27. The van der Waals surface area contributed by atoms with E-state index in [4.69, 9.17) is 4.74 Å². The molecule has 0 aliphatic rings. The Morgan fingerprint density at radius 2 is 1.83 bits per heavy atom. The third-order valence-electron chi connectivity index (χ3n) is 4.49. The van der Waals surface area contributed by atoms with E-state index in [0.29, 0.717) is 38.1 Å². The van der Waals surface area contributed by atoms with E-state index >= 15 is 0 Å². The molecule has 0 aliphatic heterocycles. The van der Waals surface area contributed by atoms with E-state index < -0.39 is 0 Å². The molecule has 5 nitrogen and oxygen atoms in total. The molecule has 0 radical (unpaired) electrons. The first-order valence-corrected chi connectivity index (χ1v) is 12.4. The Hall–Kier alpha value is -1.13. The van der Waals surface area contributed by atoms with Crippen molar-refractivity contribution in [2.24, 2.45) is 0 Å². The lowest BCUT2D eigenvalue weighted by molar-refractivity contribution is -0.129. The fraction of sp³-hybridized carbons (Fsp3) is 0.364. The Kier molecular flexibility index (Phi) is 10.6. The number of nitrogens with zero attached hydrogens (tertiary/aromatic N) is 1. The first-order chi connectivity index (χ1) is 14.3. The van der Waals surface area contributed by atoms with Crippen molar-refractivity contribution in [2.75, 3.05) is 26.7 Å². The molecule has 0 aromatic heterocycles. The molecule has 2 amide bonds. The average molecular weight is 652 g/mol. The van der Waals surface area contributed by atoms with E-state index in [1.54, 1.807) is 4.90 Å². The van der Waals surface area contributed by atoms with Gasteiger partial charge in [0.15, 0.2) is 0 Å². The number of ether oxygens (including phenoxy) is 1. The van der Waals surface area contributed by atoms with Crippen LogP contribution in [0.3, 0.4) is 0 Å². The lowest BCUT2D eigenvalue weighted by atomic mass is 10.1. The normalized spacial score (nSPS) is 10.6. The van der Waals surface area contributed by atoms with Crippen LogP contribution in [-0.4, -0.2) is 43.5 Å². The maximum Gasteiger partial charge on any atom is 0.252 e. The van der Waals surface area contributed by atoms with Crippen molar-refractivity contribution < 1.29 is 14.3 Å². The number of carbonyl (C=O) groups excluding carboxylic acids is 2. The van der Waals surface area contributed by atoms with Crippen molar-refractivity contribution in [3.8, 4) is 5.75 Å². The van der Waals surface area contributed by atoms with Crippen LogP contribution in [0.2, 0.25) is 0 Å². The number of benzene rings is 2. The minimum atomic E-state index is -0.0711. The van der Waals surface area contributed by atoms with Crippen LogP contribution < -0.4 is 10.1 Å². The smallest absolute Gasteiger partial charge is 0.252 e. The molecule has 0 saturated heterocycles. The zero-order chi connectivity index (χ0) is 22.1. The maximum atomic E-state index is 12.2. The Morgan fingerprint density at radius 1 is 1.17 bits per heavy atom. The molecule has 2 aromatic rings. The molecule has 0 unspecified atom stereocenters. The van der Waals surface area contributed by atoms with Gasteiger partial charge in [0.2, 0.25) is 5.91 Å². The fourth-order valence-electron chi connectivity index (χ4n) is 2.77. The van der Waals surface area contributed by atoms with Gasteiger partial charge in [0.1, 0.15) is 5.75 Å². The fourth-order valence-corrected chi connectivity index (χ4v) is 4.92. The molecule has 0 fully saturated rings. The van der Waals surface area contributed by atoms with E-state index in [9.17, 15) is 9.59 Å². The van der Waals surface area contributed by atoms with Crippen LogP contribution in [0.25, 0.3) is 0 Å². The van der Waals surface area contributed by atoms with E-state index in [1.807, 2.05) is 50.4 Å². The van der Waals surface area contributed by atoms with Crippen LogP contribution in [-0.2, 0) is 11.2 Å². The summed E-state index contributed by atoms with van der Waals surface area (Å²) >= 11 is 9.31. The molecule has 1 N–H and O–H groups in total. The summed E-state index contributed by atoms with van der Waals surface area (Å²) in [6.45, 7) is 3.56. The predicted octanol–water partition coefficient (Wildman–Crippen LogP) is 5.43. The molecule has 0 saturated carbocycles. The summed E-state index contributed by atoms with van der Waals surface area (Å²) in [5.74, 6) is 0.807. The molecule has 8 heteroatoms. The SMILES string of the molecule is CCC(=O)N(C)CCc1cc(Br)c(OCCCNC(=O)c2ccccc2I)c(Br)c1. The molecule has 0 atom stereocenters. The summed E-state index contributed by atoms with van der Waals surface area (Å²) in [6.07, 6.45) is 1.98. The summed E-state index contributed by atoms with van der Waals surface area (Å²) in [5.41, 5.74) is 1.80. The predicted molar refractivity (Wildman–Crippen MR) is 135 cm³/mol. The number of hydrogen-bond donors (Lipinski definition) is 1. The molecule has 0 spiro atoms. The van der Waals surface area contributed by atoms with E-state index in [1.165, 1.54) is 0 Å². The second-order valence-electron chi connectivity index (χ2n) is 6.75. The van der Waals surface area contributed by atoms with Crippen LogP contribution in [0.15, 0.2) is 45.3 Å². The van der Waals surface area contributed by atoms with Crippen molar-refractivity contribution in [1.82, 2.24) is 10.2 Å². The number of carbonyl (C=O) groups is 2. The van der Waals surface area contributed by atoms with Gasteiger partial charge in [-0.05, 0) is 97.1 Å². The van der Waals surface area contributed by atoms with Gasteiger partial charge in [0.25, 0.3) is 5.91 Å². The highest BCUT2D eigenvalue weighted by atomic mass is 127. The minimum absolute atomic E-state index is 0.0711. The second-order valence-corrected chi connectivity index (χ2v) is 9.62. The molecule has 162 valence electrons. The molecule has 0 heterocycles. The number of nitrogens with one attached hydrogen (secondary N) is 1. The minimum Gasteiger partial charge on any atom is -0.491 e. The third-order valence-corrected chi connectivity index (χ3v) is 6.61. The van der Waals surface area contributed by atoms with Crippen LogP contribution in [0.1, 0.15) is 35.7 Å². The van der Waals surface area contributed by atoms with Gasteiger partial charge in [-0.1, -0.05) is 19.1 Å². The highest BCUT2D eigenvalue weighted by Crippen LogP contribution is 2.35. The van der Waals surface area contributed by atoms with Crippen molar-refractivity contribution in [3.05, 3.63) is 60.0 Å². The Bertz CT molecular complexity index is 869. The lowest BCUT2D eigenvalue weighted by Gasteiger charge is -2.17. The topological polar surface area (TPSA) is 58.6 Å². The Balaban J connectivity index is 1.81. The molecule has 2 rings (SSSR count). The summed E-state index contributed by atoms with van der Waals surface area (Å²) < 4.78 is 8.56. The largest absolute Gasteiger partial charge is 0.491 e. The van der Waals surface area contributed by atoms with Crippen molar-refractivity contribution in [1.29, 1.82) is 0 Å². The maximum absolute atomic E-state index is 12.2. The zero-order valence-electron chi connectivity index (χ0n) is 17.0. The van der Waals surface area contributed by atoms with Gasteiger partial charge < -0.3 is 15.0 Å².